The lowest BCUT2D eigenvalue weighted by Crippen LogP contribution is -2.54. The summed E-state index contributed by atoms with van der Waals surface area (Å²) >= 11 is 0. The molecule has 0 unspecified atom stereocenters. The van der Waals surface area contributed by atoms with Crippen LogP contribution in [0.4, 0.5) is 15.9 Å². The Kier molecular flexibility index (Phi) is 6.74. The minimum atomic E-state index is -0.401. The molecule has 2 aliphatic rings. The zero-order chi connectivity index (χ0) is 23.7. The van der Waals surface area contributed by atoms with Gasteiger partial charge in [-0.2, -0.15) is 0 Å². The molecule has 2 heterocycles. The number of carbonyl (C=O) groups is 1. The molecule has 1 amide bonds. The van der Waals surface area contributed by atoms with Crippen LogP contribution in [-0.2, 0) is 9.53 Å². The maximum atomic E-state index is 14.5. The Morgan fingerprint density at radius 1 is 1.27 bits per heavy atom. The van der Waals surface area contributed by atoms with Crippen LogP contribution in [0.3, 0.4) is 0 Å². The Morgan fingerprint density at radius 2 is 2.03 bits per heavy atom. The molecule has 2 N–H and O–H groups in total. The lowest BCUT2D eigenvalue weighted by atomic mass is 9.95. The molecule has 1 aromatic carbocycles. The van der Waals surface area contributed by atoms with Crippen molar-refractivity contribution in [2.75, 3.05) is 51.1 Å². The minimum absolute atomic E-state index is 0.0457. The van der Waals surface area contributed by atoms with Crippen molar-refractivity contribution in [2.24, 2.45) is 0 Å². The molecule has 1 aliphatic heterocycles. The standard InChI is InChI=1S/C25H33FN4O3/c1-15-14-29(10-11-30(15)21(31)9-12-32-3)25-23(27)16(2)22(24(28-25)17-5-6-17)18-7-8-20(33-4)19(26)13-18/h7-8,13,15,17H,5-6,9-12,14,27H2,1-4H3/t15-/m1/s1. The first-order valence-corrected chi connectivity index (χ1v) is 11.5. The fraction of sp³-hybridized carbons (Fsp3) is 0.520. The molecule has 7 nitrogen and oxygen atoms in total. The van der Waals surface area contributed by atoms with Crippen LogP contribution in [0.25, 0.3) is 11.1 Å². The molecule has 1 aromatic heterocycles. The van der Waals surface area contributed by atoms with E-state index >= 15 is 0 Å². The van der Waals surface area contributed by atoms with Crippen molar-refractivity contribution in [3.05, 3.63) is 35.3 Å². The Hall–Kier alpha value is -2.87. The highest BCUT2D eigenvalue weighted by atomic mass is 19.1. The molecular formula is C25H33FN4O3. The summed E-state index contributed by atoms with van der Waals surface area (Å²) < 4.78 is 24.6. The van der Waals surface area contributed by atoms with E-state index in [4.69, 9.17) is 20.2 Å². The number of hydrogen-bond acceptors (Lipinski definition) is 6. The summed E-state index contributed by atoms with van der Waals surface area (Å²) in [6.07, 6.45) is 2.53. The van der Waals surface area contributed by atoms with E-state index in [1.165, 1.54) is 13.2 Å². The summed E-state index contributed by atoms with van der Waals surface area (Å²) in [6.45, 7) is 6.41. The fourth-order valence-corrected chi connectivity index (χ4v) is 4.66. The van der Waals surface area contributed by atoms with Gasteiger partial charge in [0.15, 0.2) is 17.4 Å². The topological polar surface area (TPSA) is 80.9 Å². The molecule has 0 radical (unpaired) electrons. The number of rotatable bonds is 7. The van der Waals surface area contributed by atoms with E-state index < -0.39 is 5.82 Å². The number of benzene rings is 1. The van der Waals surface area contributed by atoms with Crippen molar-refractivity contribution in [2.45, 2.75) is 45.1 Å². The summed E-state index contributed by atoms with van der Waals surface area (Å²) in [5.74, 6) is 1.05. The van der Waals surface area contributed by atoms with E-state index in [0.29, 0.717) is 44.3 Å². The smallest absolute Gasteiger partial charge is 0.225 e. The highest BCUT2D eigenvalue weighted by Crippen LogP contribution is 2.47. The molecule has 2 aromatic rings. The second kappa shape index (κ2) is 9.55. The number of amides is 1. The van der Waals surface area contributed by atoms with E-state index in [-0.39, 0.29) is 17.7 Å². The molecule has 0 spiro atoms. The quantitative estimate of drug-likeness (QED) is 0.684. The van der Waals surface area contributed by atoms with E-state index in [1.807, 2.05) is 17.9 Å². The molecular weight excluding hydrogens is 423 g/mol. The number of nitrogens with two attached hydrogens (primary N) is 1. The van der Waals surface area contributed by atoms with Gasteiger partial charge in [-0.3, -0.25) is 4.79 Å². The van der Waals surface area contributed by atoms with Crippen molar-refractivity contribution in [3.8, 4) is 16.9 Å². The van der Waals surface area contributed by atoms with Crippen LogP contribution in [0, 0.1) is 12.7 Å². The summed E-state index contributed by atoms with van der Waals surface area (Å²) in [4.78, 5) is 21.6. The van der Waals surface area contributed by atoms with Crippen LogP contribution >= 0.6 is 0 Å². The van der Waals surface area contributed by atoms with Gasteiger partial charge >= 0.3 is 0 Å². The third-order valence-corrected chi connectivity index (χ3v) is 6.67. The average Bonchev–Trinajstić information content (AvgIpc) is 3.64. The number of ether oxygens (including phenoxy) is 2. The first-order valence-electron chi connectivity index (χ1n) is 11.5. The molecule has 1 saturated carbocycles. The van der Waals surface area contributed by atoms with Gasteiger partial charge in [-0.05, 0) is 49.9 Å². The van der Waals surface area contributed by atoms with E-state index in [1.54, 1.807) is 13.2 Å². The Bertz CT molecular complexity index is 1040. The first kappa shape index (κ1) is 23.3. The van der Waals surface area contributed by atoms with E-state index in [0.717, 1.165) is 41.0 Å². The Balaban J connectivity index is 1.65. The molecule has 1 aliphatic carbocycles. The predicted molar refractivity (Wildman–Crippen MR) is 127 cm³/mol. The Labute approximate surface area is 194 Å². The minimum Gasteiger partial charge on any atom is -0.494 e. The largest absolute Gasteiger partial charge is 0.494 e. The molecule has 0 bridgehead atoms. The molecule has 8 heteroatoms. The summed E-state index contributed by atoms with van der Waals surface area (Å²) in [6, 6.07) is 5.06. The Morgan fingerprint density at radius 3 is 2.64 bits per heavy atom. The van der Waals surface area contributed by atoms with Crippen LogP contribution < -0.4 is 15.4 Å². The zero-order valence-corrected chi connectivity index (χ0v) is 19.9. The van der Waals surface area contributed by atoms with Gasteiger partial charge < -0.3 is 25.0 Å². The number of anilines is 2. The van der Waals surface area contributed by atoms with Crippen molar-refractivity contribution in [3.63, 3.8) is 0 Å². The first-order chi connectivity index (χ1) is 15.8. The number of aromatic nitrogens is 1. The van der Waals surface area contributed by atoms with E-state index in [2.05, 4.69) is 11.8 Å². The maximum absolute atomic E-state index is 14.5. The van der Waals surface area contributed by atoms with Gasteiger partial charge in [0, 0.05) is 44.3 Å². The number of nitrogen functional groups attached to an aromatic ring is 1. The van der Waals surface area contributed by atoms with Crippen molar-refractivity contribution in [1.82, 2.24) is 9.88 Å². The van der Waals surface area contributed by atoms with Crippen molar-refractivity contribution < 1.29 is 18.7 Å². The van der Waals surface area contributed by atoms with Crippen LogP contribution in [0.15, 0.2) is 18.2 Å². The van der Waals surface area contributed by atoms with Crippen LogP contribution in [0.5, 0.6) is 5.75 Å². The number of piperazine rings is 1. The molecule has 1 atom stereocenters. The molecule has 4 rings (SSSR count). The second-order valence-corrected chi connectivity index (χ2v) is 8.98. The van der Waals surface area contributed by atoms with Gasteiger partial charge in [-0.25, -0.2) is 9.37 Å². The normalized spacial score (nSPS) is 18.5. The third kappa shape index (κ3) is 4.62. The predicted octanol–water partition coefficient (Wildman–Crippen LogP) is 3.74. The van der Waals surface area contributed by atoms with Crippen LogP contribution in [-0.4, -0.2) is 62.3 Å². The molecule has 178 valence electrons. The maximum Gasteiger partial charge on any atom is 0.225 e. The molecule has 33 heavy (non-hydrogen) atoms. The number of nitrogens with zero attached hydrogens (tertiary/aromatic N) is 3. The fourth-order valence-electron chi connectivity index (χ4n) is 4.66. The van der Waals surface area contributed by atoms with Gasteiger partial charge in [0.1, 0.15) is 0 Å². The lowest BCUT2D eigenvalue weighted by Gasteiger charge is -2.41. The highest BCUT2D eigenvalue weighted by Gasteiger charge is 2.34. The number of methoxy groups -OCH3 is 2. The van der Waals surface area contributed by atoms with Gasteiger partial charge in [0.2, 0.25) is 5.91 Å². The summed E-state index contributed by atoms with van der Waals surface area (Å²) in [5, 5.41) is 0. The van der Waals surface area contributed by atoms with Crippen molar-refractivity contribution in [1.29, 1.82) is 0 Å². The van der Waals surface area contributed by atoms with Gasteiger partial charge in [0.25, 0.3) is 0 Å². The third-order valence-electron chi connectivity index (χ3n) is 6.67. The SMILES string of the molecule is COCCC(=O)N1CCN(c2nc(C3CC3)c(-c3ccc(OC)c(F)c3)c(C)c2N)C[C@H]1C. The van der Waals surface area contributed by atoms with Crippen LogP contribution in [0.1, 0.15) is 43.4 Å². The molecule has 2 fully saturated rings. The van der Waals surface area contributed by atoms with Gasteiger partial charge in [-0.15, -0.1) is 0 Å². The van der Waals surface area contributed by atoms with Crippen molar-refractivity contribution >= 4 is 17.4 Å². The summed E-state index contributed by atoms with van der Waals surface area (Å²) in [5.41, 5.74) is 10.8. The average molecular weight is 457 g/mol. The number of pyridine rings is 1. The monoisotopic (exact) mass is 456 g/mol. The number of hydrogen-bond donors (Lipinski definition) is 1. The van der Waals surface area contributed by atoms with Gasteiger partial charge in [0.05, 0.1) is 31.5 Å². The van der Waals surface area contributed by atoms with E-state index in [9.17, 15) is 9.18 Å². The molecule has 1 saturated heterocycles. The summed E-state index contributed by atoms with van der Waals surface area (Å²) in [7, 11) is 3.06. The lowest BCUT2D eigenvalue weighted by molar-refractivity contribution is -0.134. The zero-order valence-electron chi connectivity index (χ0n) is 19.9. The van der Waals surface area contributed by atoms with Gasteiger partial charge in [-0.1, -0.05) is 6.07 Å². The number of halogens is 1. The van der Waals surface area contributed by atoms with Crippen LogP contribution in [0.2, 0.25) is 0 Å². The highest BCUT2D eigenvalue weighted by molar-refractivity contribution is 5.82. The second-order valence-electron chi connectivity index (χ2n) is 8.98. The number of carbonyl (C=O) groups excluding carboxylic acids is 1.